The highest BCUT2D eigenvalue weighted by Gasteiger charge is 2.19. The van der Waals surface area contributed by atoms with Crippen molar-refractivity contribution in [2.75, 3.05) is 0 Å². The van der Waals surface area contributed by atoms with E-state index in [1.54, 1.807) is 0 Å². The van der Waals surface area contributed by atoms with Crippen LogP contribution < -0.4 is 0 Å². The molecule has 3 aromatic heterocycles. The monoisotopic (exact) mass is 680 g/mol. The van der Waals surface area contributed by atoms with Gasteiger partial charge in [0.1, 0.15) is 0 Å². The molecular formula is C49H36N4. The lowest BCUT2D eigenvalue weighted by Gasteiger charge is -2.08. The topological polar surface area (TPSA) is 57.4 Å². The van der Waals surface area contributed by atoms with E-state index in [4.69, 9.17) is 16.4 Å². The number of nitrogens with zero attached hydrogens (tertiary/aromatic N) is 2. The summed E-state index contributed by atoms with van der Waals surface area (Å²) in [5.41, 5.74) is 20.1. The molecule has 7 aromatic rings. The number of aromatic nitrogens is 4. The first kappa shape index (κ1) is 32.0. The molecule has 0 unspecified atom stereocenters. The third kappa shape index (κ3) is 5.89. The van der Waals surface area contributed by atoms with Gasteiger partial charge in [-0.05, 0) is 104 Å². The van der Waals surface area contributed by atoms with Gasteiger partial charge in [0.2, 0.25) is 0 Å². The standard InChI is InChI=1S/C49H36N4/c1-5-33-7-6-8-37(29-33)49-44-27-25-42(52-44)47(35-17-11-31(3)12-18-35)40-23-21-38(50-40)46(34-15-9-30(2)10-16-34)39-22-24-41(51-39)48(43-26-28-45(49)53-43)36-19-13-32(4)14-20-36/h1,6-29,50,53H,2-4H3. The van der Waals surface area contributed by atoms with Crippen LogP contribution in [0.25, 0.3) is 90.9 Å². The number of hydrogen-bond acceptors (Lipinski definition) is 2. The number of rotatable bonds is 4. The third-order valence-electron chi connectivity index (χ3n) is 10.1. The van der Waals surface area contributed by atoms with Crippen LogP contribution in [0, 0.1) is 33.1 Å². The van der Waals surface area contributed by atoms with E-state index in [9.17, 15) is 0 Å². The molecule has 0 fully saturated rings. The lowest BCUT2D eigenvalue weighted by molar-refractivity contribution is 1.31. The summed E-state index contributed by atoms with van der Waals surface area (Å²) in [6, 6.07) is 42.7. The molecule has 0 spiro atoms. The molecule has 0 aliphatic carbocycles. The molecular weight excluding hydrogens is 645 g/mol. The molecule has 53 heavy (non-hydrogen) atoms. The summed E-state index contributed by atoms with van der Waals surface area (Å²) in [4.78, 5) is 18.4. The van der Waals surface area contributed by atoms with Crippen LogP contribution in [0.1, 0.15) is 45.0 Å². The lowest BCUT2D eigenvalue weighted by Crippen LogP contribution is -1.90. The van der Waals surface area contributed by atoms with Crippen LogP contribution in [0.2, 0.25) is 0 Å². The number of aryl methyl sites for hydroxylation is 3. The smallest absolute Gasteiger partial charge is 0.0737 e. The molecule has 0 amide bonds. The minimum absolute atomic E-state index is 0.813. The van der Waals surface area contributed by atoms with Crippen molar-refractivity contribution in [3.63, 3.8) is 0 Å². The highest BCUT2D eigenvalue weighted by atomic mass is 14.8. The number of nitrogens with one attached hydrogen (secondary N) is 2. The van der Waals surface area contributed by atoms with E-state index in [0.717, 1.165) is 94.9 Å². The molecule has 4 nitrogen and oxygen atoms in total. The van der Waals surface area contributed by atoms with E-state index in [0.29, 0.717) is 0 Å². The SMILES string of the molecule is C#Cc1cccc(-c2c3nc(c(-c4ccc(C)cc4)c4ccc([nH]4)c(-c4ccc(C)cc4)c4nc(c(-c5ccc(C)cc5)c5ccc2[nH]5)C=C4)C=C3)c1. The van der Waals surface area contributed by atoms with Crippen LogP contribution in [0.3, 0.4) is 0 Å². The summed E-state index contributed by atoms with van der Waals surface area (Å²) >= 11 is 0. The average Bonchev–Trinajstić information content (AvgIpc) is 4.02. The first-order valence-corrected chi connectivity index (χ1v) is 17.9. The molecule has 2 aliphatic heterocycles. The maximum atomic E-state index is 5.91. The molecule has 4 heteroatoms. The Kier molecular flexibility index (Phi) is 7.83. The summed E-state index contributed by atoms with van der Waals surface area (Å²) in [5, 5.41) is 0. The highest BCUT2D eigenvalue weighted by Crippen LogP contribution is 2.38. The average molecular weight is 681 g/mol. The Morgan fingerprint density at radius 1 is 0.415 bits per heavy atom. The second-order valence-corrected chi connectivity index (χ2v) is 13.8. The first-order chi connectivity index (χ1) is 25.9. The Balaban J connectivity index is 1.47. The second kappa shape index (κ2) is 13.0. The molecule has 8 bridgehead atoms. The molecule has 2 N–H and O–H groups in total. The van der Waals surface area contributed by atoms with Crippen molar-refractivity contribution < 1.29 is 0 Å². The minimum Gasteiger partial charge on any atom is -0.354 e. The fourth-order valence-electron chi connectivity index (χ4n) is 7.35. The van der Waals surface area contributed by atoms with Crippen molar-refractivity contribution in [3.05, 3.63) is 166 Å². The Bertz CT molecular complexity index is 2790. The highest BCUT2D eigenvalue weighted by molar-refractivity contribution is 5.99. The largest absolute Gasteiger partial charge is 0.354 e. The van der Waals surface area contributed by atoms with Crippen LogP contribution in [-0.4, -0.2) is 19.9 Å². The Hall–Kier alpha value is -6.96. The summed E-state index contributed by atoms with van der Waals surface area (Å²) in [6.07, 6.45) is 14.4. The van der Waals surface area contributed by atoms with E-state index >= 15 is 0 Å². The Morgan fingerprint density at radius 2 is 0.755 bits per heavy atom. The summed E-state index contributed by atoms with van der Waals surface area (Å²) < 4.78 is 0. The molecule has 0 radical (unpaired) electrons. The summed E-state index contributed by atoms with van der Waals surface area (Å²) in [5.74, 6) is 2.82. The Morgan fingerprint density at radius 3 is 1.09 bits per heavy atom. The fraction of sp³-hybridized carbons (Fsp3) is 0.0612. The van der Waals surface area contributed by atoms with E-state index in [1.165, 1.54) is 16.7 Å². The van der Waals surface area contributed by atoms with Gasteiger partial charge in [0, 0.05) is 49.9 Å². The van der Waals surface area contributed by atoms with E-state index < -0.39 is 0 Å². The van der Waals surface area contributed by atoms with E-state index in [1.807, 2.05) is 12.1 Å². The van der Waals surface area contributed by atoms with Gasteiger partial charge in [0.05, 0.1) is 22.8 Å². The zero-order chi connectivity index (χ0) is 36.1. The van der Waals surface area contributed by atoms with E-state index in [2.05, 4.69) is 170 Å². The van der Waals surface area contributed by atoms with Crippen LogP contribution in [-0.2, 0) is 0 Å². The number of aromatic amines is 2. The molecule has 2 aliphatic rings. The molecule has 5 heterocycles. The maximum Gasteiger partial charge on any atom is 0.0737 e. The number of H-pyrrole nitrogens is 2. The number of fused-ring (bicyclic) bond motifs is 8. The second-order valence-electron chi connectivity index (χ2n) is 13.8. The third-order valence-corrected chi connectivity index (χ3v) is 10.1. The number of benzene rings is 4. The molecule has 0 atom stereocenters. The molecule has 252 valence electrons. The van der Waals surface area contributed by atoms with Gasteiger partial charge in [-0.15, -0.1) is 6.42 Å². The van der Waals surface area contributed by atoms with Crippen molar-refractivity contribution in [1.82, 2.24) is 19.9 Å². The van der Waals surface area contributed by atoms with Crippen molar-refractivity contribution in [2.24, 2.45) is 0 Å². The summed E-state index contributed by atoms with van der Waals surface area (Å²) in [6.45, 7) is 6.34. The number of terminal acetylenes is 1. The minimum atomic E-state index is 0.813. The van der Waals surface area contributed by atoms with Crippen molar-refractivity contribution in [1.29, 1.82) is 0 Å². The normalized spacial score (nSPS) is 11.9. The Labute approximate surface area is 309 Å². The van der Waals surface area contributed by atoms with Gasteiger partial charge in [0.25, 0.3) is 0 Å². The zero-order valence-corrected chi connectivity index (χ0v) is 29.8. The van der Waals surface area contributed by atoms with Gasteiger partial charge >= 0.3 is 0 Å². The maximum absolute atomic E-state index is 5.91. The van der Waals surface area contributed by atoms with Gasteiger partial charge in [0.15, 0.2) is 0 Å². The van der Waals surface area contributed by atoms with Gasteiger partial charge in [-0.25, -0.2) is 9.97 Å². The van der Waals surface area contributed by atoms with Crippen molar-refractivity contribution in [3.8, 4) is 56.9 Å². The van der Waals surface area contributed by atoms with Gasteiger partial charge < -0.3 is 9.97 Å². The van der Waals surface area contributed by atoms with Crippen LogP contribution >= 0.6 is 0 Å². The number of hydrogen-bond donors (Lipinski definition) is 2. The van der Waals surface area contributed by atoms with Crippen LogP contribution in [0.5, 0.6) is 0 Å². The first-order valence-electron chi connectivity index (χ1n) is 17.9. The van der Waals surface area contributed by atoms with E-state index in [-0.39, 0.29) is 0 Å². The molecule has 0 saturated heterocycles. The van der Waals surface area contributed by atoms with Gasteiger partial charge in [-0.2, -0.15) is 0 Å². The zero-order valence-electron chi connectivity index (χ0n) is 29.8. The van der Waals surface area contributed by atoms with Crippen LogP contribution in [0.4, 0.5) is 0 Å². The van der Waals surface area contributed by atoms with Crippen LogP contribution in [0.15, 0.2) is 121 Å². The van der Waals surface area contributed by atoms with Gasteiger partial charge in [-0.3, -0.25) is 0 Å². The quantitative estimate of drug-likeness (QED) is 0.182. The predicted octanol–water partition coefficient (Wildman–Crippen LogP) is 12.2. The molecule has 4 aromatic carbocycles. The lowest BCUT2D eigenvalue weighted by atomic mass is 10.0. The summed E-state index contributed by atoms with van der Waals surface area (Å²) in [7, 11) is 0. The predicted molar refractivity (Wildman–Crippen MR) is 223 cm³/mol. The fourth-order valence-corrected chi connectivity index (χ4v) is 7.35. The molecule has 9 rings (SSSR count). The molecule has 0 saturated carbocycles. The van der Waals surface area contributed by atoms with Gasteiger partial charge in [-0.1, -0.05) is 108 Å². The van der Waals surface area contributed by atoms with Crippen molar-refractivity contribution >= 4 is 46.4 Å². The van der Waals surface area contributed by atoms with Crippen molar-refractivity contribution in [2.45, 2.75) is 20.8 Å².